The van der Waals surface area contributed by atoms with E-state index in [4.69, 9.17) is 11.8 Å². The van der Waals surface area contributed by atoms with Gasteiger partial charge in [0.2, 0.25) is 5.69 Å². The summed E-state index contributed by atoms with van der Waals surface area (Å²) in [5.74, 6) is 0. The summed E-state index contributed by atoms with van der Waals surface area (Å²) in [4.78, 5) is 20.7. The minimum atomic E-state index is -3.29. The van der Waals surface area contributed by atoms with Gasteiger partial charge in [-0.2, -0.15) is 0 Å². The van der Waals surface area contributed by atoms with Crippen molar-refractivity contribution in [3.05, 3.63) is 29.3 Å². The fourth-order valence-corrected chi connectivity index (χ4v) is 8.15. The molecule has 0 aliphatic carbocycles. The fourth-order valence-electron chi connectivity index (χ4n) is 5.55. The van der Waals surface area contributed by atoms with Crippen LogP contribution in [0.4, 0.5) is 0 Å². The van der Waals surface area contributed by atoms with Crippen molar-refractivity contribution in [2.24, 2.45) is 0 Å². The van der Waals surface area contributed by atoms with Crippen molar-refractivity contribution in [3.63, 3.8) is 0 Å². The van der Waals surface area contributed by atoms with Gasteiger partial charge in [0.15, 0.2) is 0 Å². The topological polar surface area (TPSA) is 40.5 Å². The SMILES string of the molecule is CCCCCCCCCCCCCCc1cc(CCCCCCCCCCCCCC)cc(SP(O)(O)=S)c1. The second-order valence-electron chi connectivity index (χ2n) is 11.8. The molecule has 0 amide bonds. The maximum Gasteiger partial charge on any atom is 0.246 e. The first kappa shape index (κ1) is 37.2. The zero-order chi connectivity index (χ0) is 28.4. The van der Waals surface area contributed by atoms with E-state index in [-0.39, 0.29) is 0 Å². The summed E-state index contributed by atoms with van der Waals surface area (Å²) in [7, 11) is 0. The molecule has 0 bridgehead atoms. The predicted octanol–water partition coefficient (Wildman–Crippen LogP) is 12.5. The largest absolute Gasteiger partial charge is 0.337 e. The number of aryl methyl sites for hydroxylation is 2. The van der Waals surface area contributed by atoms with Gasteiger partial charge in [-0.1, -0.05) is 161 Å². The Bertz CT molecular complexity index is 688. The minimum Gasteiger partial charge on any atom is -0.337 e. The minimum absolute atomic E-state index is 0.939. The third-order valence-electron chi connectivity index (χ3n) is 7.89. The molecule has 0 aromatic heterocycles. The Morgan fingerprint density at radius 2 is 0.769 bits per heavy atom. The molecular formula is C34H63O2PS2. The molecule has 5 heteroatoms. The van der Waals surface area contributed by atoms with E-state index in [1.807, 2.05) is 0 Å². The first-order valence-corrected chi connectivity index (χ1v) is 21.0. The highest BCUT2D eigenvalue weighted by Crippen LogP contribution is 2.55. The molecule has 39 heavy (non-hydrogen) atoms. The number of unbranched alkanes of at least 4 members (excludes halogenated alkanes) is 22. The van der Waals surface area contributed by atoms with Crippen LogP contribution in [0.1, 0.15) is 179 Å². The standard InChI is InChI=1S/C34H63O2PS2/c1-3-5-7-9-11-13-15-17-19-21-23-25-27-32-29-33(31-34(30-32)39-37(35,36)38)28-26-24-22-20-18-16-14-12-10-8-6-4-2/h29-31H,3-28H2,1-2H3,(H2,35,36,38). The Kier molecular flexibility index (Phi) is 24.6. The van der Waals surface area contributed by atoms with Gasteiger partial charge in [0.25, 0.3) is 0 Å². The average Bonchev–Trinajstić information content (AvgIpc) is 2.89. The molecule has 0 fully saturated rings. The summed E-state index contributed by atoms with van der Waals surface area (Å²) >= 11 is 6.01. The lowest BCUT2D eigenvalue weighted by Gasteiger charge is -2.12. The summed E-state index contributed by atoms with van der Waals surface area (Å²) in [6.07, 6.45) is 35.0. The lowest BCUT2D eigenvalue weighted by Crippen LogP contribution is -1.93. The van der Waals surface area contributed by atoms with Crippen LogP contribution in [-0.2, 0) is 24.6 Å². The maximum absolute atomic E-state index is 9.87. The van der Waals surface area contributed by atoms with Gasteiger partial charge in [-0.3, -0.25) is 0 Å². The van der Waals surface area contributed by atoms with Crippen LogP contribution in [0.5, 0.6) is 0 Å². The van der Waals surface area contributed by atoms with Gasteiger partial charge in [-0.15, -0.1) is 0 Å². The Labute approximate surface area is 252 Å². The summed E-state index contributed by atoms with van der Waals surface area (Å²) in [6.45, 7) is 4.57. The lowest BCUT2D eigenvalue weighted by atomic mass is 9.99. The number of benzene rings is 1. The van der Waals surface area contributed by atoms with E-state index < -0.39 is 5.69 Å². The van der Waals surface area contributed by atoms with Crippen molar-refractivity contribution in [3.8, 4) is 0 Å². The van der Waals surface area contributed by atoms with Gasteiger partial charge < -0.3 is 9.79 Å². The highest BCUT2D eigenvalue weighted by molar-refractivity contribution is 8.67. The second kappa shape index (κ2) is 25.8. The van der Waals surface area contributed by atoms with Crippen LogP contribution in [0, 0.1) is 0 Å². The second-order valence-corrected chi connectivity index (χ2v) is 17.8. The van der Waals surface area contributed by atoms with Crippen LogP contribution in [0.2, 0.25) is 0 Å². The van der Waals surface area contributed by atoms with E-state index in [1.165, 1.54) is 165 Å². The Balaban J connectivity index is 2.25. The van der Waals surface area contributed by atoms with Crippen molar-refractivity contribution in [1.29, 1.82) is 0 Å². The Morgan fingerprint density at radius 3 is 1.05 bits per heavy atom. The van der Waals surface area contributed by atoms with E-state index in [2.05, 4.69) is 32.0 Å². The van der Waals surface area contributed by atoms with Crippen LogP contribution in [-0.4, -0.2) is 9.79 Å². The summed E-state index contributed by atoms with van der Waals surface area (Å²) in [6, 6.07) is 6.64. The fraction of sp³-hybridized carbons (Fsp3) is 0.824. The van der Waals surface area contributed by atoms with Crippen molar-refractivity contribution in [2.75, 3.05) is 0 Å². The molecule has 0 aliphatic heterocycles. The van der Waals surface area contributed by atoms with Crippen LogP contribution < -0.4 is 0 Å². The van der Waals surface area contributed by atoms with Crippen LogP contribution in [0.25, 0.3) is 0 Å². The summed E-state index contributed by atoms with van der Waals surface area (Å²) in [5.41, 5.74) is -0.619. The van der Waals surface area contributed by atoms with Crippen molar-refractivity contribution in [2.45, 2.75) is 186 Å². The Hall–Kier alpha value is 0.140. The normalized spacial score (nSPS) is 11.9. The first-order valence-electron chi connectivity index (χ1n) is 16.8. The molecule has 0 atom stereocenters. The van der Waals surface area contributed by atoms with Crippen LogP contribution in [0.3, 0.4) is 0 Å². The number of hydrogen-bond acceptors (Lipinski definition) is 2. The molecule has 2 nitrogen and oxygen atoms in total. The molecule has 0 saturated heterocycles. The van der Waals surface area contributed by atoms with Crippen molar-refractivity contribution in [1.82, 2.24) is 0 Å². The van der Waals surface area contributed by atoms with Gasteiger partial charge in [-0.25, -0.2) is 0 Å². The van der Waals surface area contributed by atoms with Gasteiger partial charge in [0, 0.05) is 4.90 Å². The predicted molar refractivity (Wildman–Crippen MR) is 181 cm³/mol. The van der Waals surface area contributed by atoms with Gasteiger partial charge in [0.05, 0.1) is 0 Å². The molecule has 1 rings (SSSR count). The summed E-state index contributed by atoms with van der Waals surface area (Å²) < 4.78 is 0. The monoisotopic (exact) mass is 598 g/mol. The summed E-state index contributed by atoms with van der Waals surface area (Å²) in [5, 5.41) is 0. The molecule has 0 unspecified atom stereocenters. The van der Waals surface area contributed by atoms with Gasteiger partial charge in [0.1, 0.15) is 0 Å². The third kappa shape index (κ3) is 24.4. The molecule has 0 radical (unpaired) electrons. The number of rotatable bonds is 28. The maximum atomic E-state index is 9.87. The smallest absolute Gasteiger partial charge is 0.246 e. The van der Waals surface area contributed by atoms with E-state index in [1.54, 1.807) is 0 Å². The molecule has 0 saturated carbocycles. The van der Waals surface area contributed by atoms with Crippen molar-refractivity contribution < 1.29 is 9.79 Å². The highest BCUT2D eigenvalue weighted by Gasteiger charge is 2.12. The van der Waals surface area contributed by atoms with Gasteiger partial charge in [-0.05, 0) is 72.1 Å². The van der Waals surface area contributed by atoms with E-state index in [0.717, 1.165) is 29.1 Å². The molecule has 1 aromatic rings. The Morgan fingerprint density at radius 1 is 0.487 bits per heavy atom. The molecule has 0 aliphatic rings. The lowest BCUT2D eigenvalue weighted by molar-refractivity contribution is 0.502. The molecule has 2 N–H and O–H groups in total. The molecule has 1 aromatic carbocycles. The molecule has 228 valence electrons. The zero-order valence-electron chi connectivity index (χ0n) is 25.8. The quantitative estimate of drug-likeness (QED) is 0.0743. The molecular weight excluding hydrogens is 535 g/mol. The highest BCUT2D eigenvalue weighted by atomic mass is 32.9. The van der Waals surface area contributed by atoms with Gasteiger partial charge >= 0.3 is 0 Å². The van der Waals surface area contributed by atoms with Crippen LogP contribution >= 0.6 is 17.1 Å². The zero-order valence-corrected chi connectivity index (χ0v) is 28.3. The van der Waals surface area contributed by atoms with E-state index in [9.17, 15) is 9.79 Å². The van der Waals surface area contributed by atoms with E-state index in [0.29, 0.717) is 0 Å². The molecule has 0 heterocycles. The first-order chi connectivity index (χ1) is 18.9. The number of hydrogen-bond donors (Lipinski definition) is 2. The van der Waals surface area contributed by atoms with Crippen molar-refractivity contribution >= 4 is 28.9 Å². The molecule has 0 spiro atoms. The average molecular weight is 599 g/mol. The van der Waals surface area contributed by atoms with E-state index >= 15 is 0 Å². The van der Waals surface area contributed by atoms with Crippen LogP contribution in [0.15, 0.2) is 23.1 Å². The third-order valence-corrected chi connectivity index (χ3v) is 10.6.